The van der Waals surface area contributed by atoms with Crippen molar-refractivity contribution in [2.24, 2.45) is 0 Å². The van der Waals surface area contributed by atoms with E-state index >= 15 is 0 Å². The van der Waals surface area contributed by atoms with Crippen LogP contribution in [0.15, 0.2) is 209 Å². The van der Waals surface area contributed by atoms with Gasteiger partial charge in [0.2, 0.25) is 0 Å². The molecule has 0 atom stereocenters. The molecule has 0 radical (unpaired) electrons. The molecule has 0 saturated carbocycles. The van der Waals surface area contributed by atoms with Crippen LogP contribution in [0.4, 0.5) is 0 Å². The minimum Gasteiger partial charge on any atom is -0.456 e. The van der Waals surface area contributed by atoms with E-state index in [1.165, 1.54) is 20.2 Å². The second kappa shape index (κ2) is 14.0. The van der Waals surface area contributed by atoms with Gasteiger partial charge in [-0.05, 0) is 86.8 Å². The van der Waals surface area contributed by atoms with Crippen LogP contribution in [0.2, 0.25) is 0 Å². The Balaban J connectivity index is 0.960. The summed E-state index contributed by atoms with van der Waals surface area (Å²) >= 11 is 1.80. The van der Waals surface area contributed by atoms with E-state index in [-0.39, 0.29) is 0 Å². The van der Waals surface area contributed by atoms with Crippen LogP contribution in [0, 0.1) is 0 Å². The van der Waals surface area contributed by atoms with Crippen LogP contribution in [0.25, 0.3) is 142 Å². The molecule has 0 bridgehead atoms. The molecule has 0 aliphatic heterocycles. The Morgan fingerprint density at radius 2 is 0.923 bits per heavy atom. The first-order chi connectivity index (χ1) is 32.2. The SMILES string of the molecule is c1ccc2cc(-c3nc(-c4ccc(-c5cccc6oc7c(-c8ccc9oc%10ccccc%10c9c8)cccc7c56)c5ccccc45)nc(-c4cccc5sc6ccccc6c45)n3)ccc2c1. The van der Waals surface area contributed by atoms with Crippen molar-refractivity contribution in [2.75, 3.05) is 0 Å². The van der Waals surface area contributed by atoms with Gasteiger partial charge in [0.05, 0.1) is 0 Å². The van der Waals surface area contributed by atoms with Crippen LogP contribution in [-0.2, 0) is 0 Å². The topological polar surface area (TPSA) is 65.0 Å². The summed E-state index contributed by atoms with van der Waals surface area (Å²) in [5.74, 6) is 1.90. The number of thiophene rings is 1. The van der Waals surface area contributed by atoms with Crippen molar-refractivity contribution >= 4 is 96.9 Å². The Morgan fingerprint density at radius 3 is 1.83 bits per heavy atom. The highest BCUT2D eigenvalue weighted by atomic mass is 32.1. The molecule has 10 aromatic carbocycles. The largest absolute Gasteiger partial charge is 0.456 e. The van der Waals surface area contributed by atoms with Crippen molar-refractivity contribution < 1.29 is 8.83 Å². The van der Waals surface area contributed by atoms with E-state index in [4.69, 9.17) is 23.8 Å². The lowest BCUT2D eigenvalue weighted by Crippen LogP contribution is -2.01. The van der Waals surface area contributed by atoms with Crippen molar-refractivity contribution in [3.05, 3.63) is 200 Å². The number of rotatable bonds is 5. The molecule has 4 heterocycles. The molecule has 0 spiro atoms. The van der Waals surface area contributed by atoms with E-state index < -0.39 is 0 Å². The zero-order valence-electron chi connectivity index (χ0n) is 34.6. The van der Waals surface area contributed by atoms with Gasteiger partial charge in [-0.1, -0.05) is 152 Å². The monoisotopic (exact) mass is 847 g/mol. The van der Waals surface area contributed by atoms with Crippen LogP contribution in [0.3, 0.4) is 0 Å². The van der Waals surface area contributed by atoms with Gasteiger partial charge >= 0.3 is 0 Å². The summed E-state index contributed by atoms with van der Waals surface area (Å²) in [6, 6.07) is 70.3. The molecular formula is C59H33N3O2S. The minimum absolute atomic E-state index is 0.622. The maximum absolute atomic E-state index is 6.83. The second-order valence-electron chi connectivity index (χ2n) is 16.6. The first-order valence-corrected chi connectivity index (χ1v) is 22.6. The van der Waals surface area contributed by atoms with Gasteiger partial charge in [0.1, 0.15) is 22.3 Å². The van der Waals surface area contributed by atoms with E-state index in [1.54, 1.807) is 11.3 Å². The number of aromatic nitrogens is 3. The highest BCUT2D eigenvalue weighted by molar-refractivity contribution is 7.25. The van der Waals surface area contributed by atoms with Gasteiger partial charge in [0.15, 0.2) is 17.5 Å². The lowest BCUT2D eigenvalue weighted by Gasteiger charge is -2.14. The Morgan fingerprint density at radius 1 is 0.308 bits per heavy atom. The summed E-state index contributed by atoms with van der Waals surface area (Å²) < 4.78 is 15.4. The average Bonchev–Trinajstić information content (AvgIpc) is 4.07. The number of furan rings is 2. The van der Waals surface area contributed by atoms with Crippen molar-refractivity contribution in [2.45, 2.75) is 0 Å². The van der Waals surface area contributed by atoms with E-state index in [0.717, 1.165) is 104 Å². The van der Waals surface area contributed by atoms with E-state index in [9.17, 15) is 0 Å². The van der Waals surface area contributed by atoms with E-state index in [2.05, 4.69) is 188 Å². The highest BCUT2D eigenvalue weighted by Crippen LogP contribution is 2.45. The van der Waals surface area contributed by atoms with Crippen LogP contribution >= 0.6 is 11.3 Å². The molecule has 302 valence electrons. The molecule has 0 fully saturated rings. The quantitative estimate of drug-likeness (QED) is 0.173. The standard InChI is InChI=1S/C59H33N3O2S/c1-2-13-35-32-37(27-26-34(35)12-1)57-60-58(62-59(61-57)47-21-11-25-53-55(47)45-17-6-8-24-52(45)65-53)44-30-29-41(39-14-3-4-15-40(39)44)43-19-10-23-51-54(43)46-20-9-18-38(56(46)64-51)36-28-31-50-48(33-36)42-16-5-7-22-49(42)63-50/h1-33H. The number of benzene rings is 10. The third-order valence-electron chi connectivity index (χ3n) is 13.0. The normalized spacial score (nSPS) is 12.0. The third-order valence-corrected chi connectivity index (χ3v) is 14.1. The zero-order chi connectivity index (χ0) is 42.6. The molecule has 0 amide bonds. The minimum atomic E-state index is 0.622. The number of nitrogens with zero attached hydrogens (tertiary/aromatic N) is 3. The molecular weight excluding hydrogens is 815 g/mol. The molecule has 0 unspecified atom stereocenters. The highest BCUT2D eigenvalue weighted by Gasteiger charge is 2.22. The fraction of sp³-hybridized carbons (Fsp3) is 0. The molecule has 14 aromatic rings. The van der Waals surface area contributed by atoms with Crippen molar-refractivity contribution in [1.82, 2.24) is 15.0 Å². The summed E-state index contributed by atoms with van der Waals surface area (Å²) in [7, 11) is 0. The smallest absolute Gasteiger partial charge is 0.164 e. The number of para-hydroxylation sites is 2. The van der Waals surface area contributed by atoms with Crippen LogP contribution in [-0.4, -0.2) is 15.0 Å². The molecule has 14 rings (SSSR count). The lowest BCUT2D eigenvalue weighted by atomic mass is 9.91. The molecule has 0 aliphatic carbocycles. The van der Waals surface area contributed by atoms with Crippen molar-refractivity contribution in [3.8, 4) is 56.4 Å². The van der Waals surface area contributed by atoms with Gasteiger partial charge in [-0.3, -0.25) is 0 Å². The second-order valence-corrected chi connectivity index (χ2v) is 17.7. The molecule has 65 heavy (non-hydrogen) atoms. The molecule has 4 aromatic heterocycles. The molecule has 0 N–H and O–H groups in total. The summed E-state index contributed by atoms with van der Waals surface area (Å²) in [6.07, 6.45) is 0. The predicted octanol–water partition coefficient (Wildman–Crippen LogP) is 16.7. The van der Waals surface area contributed by atoms with Crippen LogP contribution < -0.4 is 0 Å². The number of hydrogen-bond acceptors (Lipinski definition) is 6. The Hall–Kier alpha value is -8.45. The molecule has 0 aliphatic rings. The van der Waals surface area contributed by atoms with E-state index in [1.807, 2.05) is 12.1 Å². The van der Waals surface area contributed by atoms with Crippen molar-refractivity contribution in [1.29, 1.82) is 0 Å². The summed E-state index contributed by atoms with van der Waals surface area (Å²) in [4.78, 5) is 15.9. The maximum atomic E-state index is 6.83. The lowest BCUT2D eigenvalue weighted by molar-refractivity contribution is 0.668. The zero-order valence-corrected chi connectivity index (χ0v) is 35.4. The van der Waals surface area contributed by atoms with E-state index in [0.29, 0.717) is 17.5 Å². The summed E-state index contributed by atoms with van der Waals surface area (Å²) in [6.45, 7) is 0. The van der Waals surface area contributed by atoms with Gasteiger partial charge in [-0.25, -0.2) is 15.0 Å². The fourth-order valence-corrected chi connectivity index (χ4v) is 11.1. The van der Waals surface area contributed by atoms with Gasteiger partial charge in [-0.15, -0.1) is 11.3 Å². The summed E-state index contributed by atoms with van der Waals surface area (Å²) in [5, 5.41) is 11.2. The van der Waals surface area contributed by atoms with Gasteiger partial charge in [0.25, 0.3) is 0 Å². The summed E-state index contributed by atoms with van der Waals surface area (Å²) in [5.41, 5.74) is 10.6. The third kappa shape index (κ3) is 5.61. The molecule has 0 saturated heterocycles. The molecule has 5 nitrogen and oxygen atoms in total. The number of fused-ring (bicyclic) bond motifs is 11. The fourth-order valence-electron chi connectivity index (χ4n) is 9.96. The van der Waals surface area contributed by atoms with Crippen LogP contribution in [0.5, 0.6) is 0 Å². The van der Waals surface area contributed by atoms with Crippen LogP contribution in [0.1, 0.15) is 0 Å². The Kier molecular flexibility index (Phi) is 7.79. The first kappa shape index (κ1) is 36.1. The van der Waals surface area contributed by atoms with Gasteiger partial charge in [-0.2, -0.15) is 0 Å². The van der Waals surface area contributed by atoms with Gasteiger partial charge < -0.3 is 8.83 Å². The van der Waals surface area contributed by atoms with Gasteiger partial charge in [0, 0.05) is 64.0 Å². The maximum Gasteiger partial charge on any atom is 0.164 e. The Labute approximate surface area is 375 Å². The van der Waals surface area contributed by atoms with Crippen molar-refractivity contribution in [3.63, 3.8) is 0 Å². The predicted molar refractivity (Wildman–Crippen MR) is 269 cm³/mol. The first-order valence-electron chi connectivity index (χ1n) is 21.7. The number of hydrogen-bond donors (Lipinski definition) is 0. The Bertz CT molecular complexity index is 4270. The molecule has 6 heteroatoms. The average molecular weight is 848 g/mol.